The van der Waals surface area contributed by atoms with Crippen LogP contribution in [-0.2, 0) is 9.53 Å². The monoisotopic (exact) mass is 362 g/mol. The minimum absolute atomic E-state index is 0.178. The summed E-state index contributed by atoms with van der Waals surface area (Å²) in [5.41, 5.74) is 0.761. The molecule has 0 bridgehead atoms. The van der Waals surface area contributed by atoms with Crippen molar-refractivity contribution in [2.45, 2.75) is 26.4 Å². The third kappa shape index (κ3) is 5.19. The zero-order valence-electron chi connectivity index (χ0n) is 14.0. The van der Waals surface area contributed by atoms with Crippen LogP contribution in [0.1, 0.15) is 30.6 Å². The van der Waals surface area contributed by atoms with Gasteiger partial charge >= 0.3 is 5.97 Å². The van der Waals surface area contributed by atoms with Crippen molar-refractivity contribution in [1.29, 1.82) is 0 Å². The summed E-state index contributed by atoms with van der Waals surface area (Å²) in [5, 5.41) is 2.91. The Morgan fingerprint density at radius 1 is 1.24 bits per heavy atom. The van der Waals surface area contributed by atoms with Crippen LogP contribution >= 0.6 is 11.6 Å². The molecule has 0 aliphatic rings. The van der Waals surface area contributed by atoms with Crippen LogP contribution in [0.4, 0.5) is 5.69 Å². The first-order chi connectivity index (χ1) is 12.0. The summed E-state index contributed by atoms with van der Waals surface area (Å²) < 4.78 is 10.8. The number of nitrogens with zero attached hydrogens (tertiary/aromatic N) is 1. The highest BCUT2D eigenvalue weighted by Gasteiger charge is 2.23. The number of pyridine rings is 1. The van der Waals surface area contributed by atoms with E-state index in [1.807, 2.05) is 13.0 Å². The number of ether oxygens (including phenoxy) is 2. The van der Waals surface area contributed by atoms with Gasteiger partial charge in [0, 0.05) is 6.20 Å². The topological polar surface area (TPSA) is 77.5 Å². The van der Waals surface area contributed by atoms with Crippen molar-refractivity contribution in [3.05, 3.63) is 53.3 Å². The van der Waals surface area contributed by atoms with Crippen LogP contribution in [-0.4, -0.2) is 29.6 Å². The number of esters is 1. The highest BCUT2D eigenvalue weighted by atomic mass is 35.5. The van der Waals surface area contributed by atoms with Gasteiger partial charge in [-0.05, 0) is 37.6 Å². The molecule has 1 N–H and O–H groups in total. The number of nitrogens with one attached hydrogen (secondary N) is 1. The smallest absolute Gasteiger partial charge is 0.339 e. The number of hydrogen-bond donors (Lipinski definition) is 1. The Labute approximate surface area is 151 Å². The van der Waals surface area contributed by atoms with E-state index in [-0.39, 0.29) is 10.7 Å². The fraction of sp³-hybridized carbons (Fsp3) is 0.278. The third-order valence-corrected chi connectivity index (χ3v) is 3.53. The maximum atomic E-state index is 12.5. The summed E-state index contributed by atoms with van der Waals surface area (Å²) in [6.45, 7) is 4.09. The van der Waals surface area contributed by atoms with E-state index in [2.05, 4.69) is 10.3 Å². The number of hydrogen-bond acceptors (Lipinski definition) is 5. The molecule has 0 aliphatic carbocycles. The molecule has 132 valence electrons. The molecule has 25 heavy (non-hydrogen) atoms. The fourth-order valence-electron chi connectivity index (χ4n) is 2.11. The van der Waals surface area contributed by atoms with Crippen LogP contribution in [0.15, 0.2) is 42.6 Å². The molecule has 0 spiro atoms. The molecule has 1 atom stereocenters. The number of carbonyl (C=O) groups excluding carboxylic acids is 2. The van der Waals surface area contributed by atoms with Crippen LogP contribution in [0.3, 0.4) is 0 Å². The predicted molar refractivity (Wildman–Crippen MR) is 95.0 cm³/mol. The lowest BCUT2D eigenvalue weighted by Crippen LogP contribution is -2.32. The summed E-state index contributed by atoms with van der Waals surface area (Å²) in [7, 11) is 0. The molecule has 1 aromatic carbocycles. The van der Waals surface area contributed by atoms with Gasteiger partial charge in [-0.25, -0.2) is 9.78 Å². The molecule has 0 aliphatic heterocycles. The SMILES string of the molecule is CCOc1ccccc1NC(=O)C(CC)OC(=O)c1ccnc(Cl)c1. The summed E-state index contributed by atoms with van der Waals surface area (Å²) >= 11 is 5.76. The lowest BCUT2D eigenvalue weighted by atomic mass is 10.2. The van der Waals surface area contributed by atoms with Gasteiger partial charge in [0.25, 0.3) is 5.91 Å². The van der Waals surface area contributed by atoms with Crippen LogP contribution in [0.5, 0.6) is 5.75 Å². The van der Waals surface area contributed by atoms with Gasteiger partial charge in [-0.1, -0.05) is 30.7 Å². The number of anilines is 1. The number of rotatable bonds is 7. The summed E-state index contributed by atoms with van der Waals surface area (Å²) in [6, 6.07) is 9.93. The van der Waals surface area contributed by atoms with E-state index < -0.39 is 18.0 Å². The van der Waals surface area contributed by atoms with Gasteiger partial charge in [0.05, 0.1) is 17.9 Å². The van der Waals surface area contributed by atoms with E-state index in [4.69, 9.17) is 21.1 Å². The average Bonchev–Trinajstić information content (AvgIpc) is 2.61. The van der Waals surface area contributed by atoms with E-state index in [1.54, 1.807) is 25.1 Å². The first-order valence-electron chi connectivity index (χ1n) is 7.90. The minimum atomic E-state index is -0.936. The van der Waals surface area contributed by atoms with Gasteiger partial charge in [-0.3, -0.25) is 4.79 Å². The molecular weight excluding hydrogens is 344 g/mol. The molecule has 2 rings (SSSR count). The average molecular weight is 363 g/mol. The lowest BCUT2D eigenvalue weighted by Gasteiger charge is -2.17. The Morgan fingerprint density at radius 2 is 2.00 bits per heavy atom. The first kappa shape index (κ1) is 18.7. The van der Waals surface area contributed by atoms with Gasteiger partial charge < -0.3 is 14.8 Å². The van der Waals surface area contributed by atoms with E-state index in [0.29, 0.717) is 24.5 Å². The van der Waals surface area contributed by atoms with Crippen LogP contribution in [0, 0.1) is 0 Å². The van der Waals surface area contributed by atoms with Gasteiger partial charge in [0.15, 0.2) is 6.10 Å². The van der Waals surface area contributed by atoms with Crippen LogP contribution < -0.4 is 10.1 Å². The van der Waals surface area contributed by atoms with E-state index in [9.17, 15) is 9.59 Å². The second-order valence-electron chi connectivity index (χ2n) is 5.09. The molecule has 0 saturated heterocycles. The number of aromatic nitrogens is 1. The molecule has 1 amide bonds. The molecule has 0 radical (unpaired) electrons. The molecule has 1 heterocycles. The molecule has 7 heteroatoms. The van der Waals surface area contributed by atoms with Gasteiger partial charge in [0.2, 0.25) is 0 Å². The van der Waals surface area contributed by atoms with E-state index >= 15 is 0 Å². The predicted octanol–water partition coefficient (Wildman–Crippen LogP) is 3.71. The van der Waals surface area contributed by atoms with Crippen molar-refractivity contribution in [3.63, 3.8) is 0 Å². The number of halogens is 1. The zero-order chi connectivity index (χ0) is 18.2. The van der Waals surface area contributed by atoms with Crippen LogP contribution in [0.2, 0.25) is 5.15 Å². The van der Waals surface area contributed by atoms with Crippen molar-refractivity contribution in [2.75, 3.05) is 11.9 Å². The molecule has 1 unspecified atom stereocenters. The van der Waals surface area contributed by atoms with Crippen molar-refractivity contribution in [1.82, 2.24) is 4.98 Å². The Morgan fingerprint density at radius 3 is 2.68 bits per heavy atom. The highest BCUT2D eigenvalue weighted by molar-refractivity contribution is 6.29. The summed E-state index contributed by atoms with van der Waals surface area (Å²) in [5.74, 6) is -0.506. The first-order valence-corrected chi connectivity index (χ1v) is 8.28. The lowest BCUT2D eigenvalue weighted by molar-refractivity contribution is -0.124. The largest absolute Gasteiger partial charge is 0.492 e. The standard InChI is InChI=1S/C18H19ClN2O4/c1-3-14(25-18(23)12-9-10-20-16(19)11-12)17(22)21-13-7-5-6-8-15(13)24-4-2/h5-11,14H,3-4H2,1-2H3,(H,21,22). The van der Waals surface area contributed by atoms with E-state index in [0.717, 1.165) is 0 Å². The number of benzene rings is 1. The molecule has 2 aromatic rings. The van der Waals surface area contributed by atoms with Crippen LogP contribution in [0.25, 0.3) is 0 Å². The number of carbonyl (C=O) groups is 2. The molecule has 0 saturated carbocycles. The van der Waals surface area contributed by atoms with Gasteiger partial charge in [-0.2, -0.15) is 0 Å². The van der Waals surface area contributed by atoms with Gasteiger partial charge in [-0.15, -0.1) is 0 Å². The Balaban J connectivity index is 2.07. The van der Waals surface area contributed by atoms with Crippen molar-refractivity contribution >= 4 is 29.2 Å². The van der Waals surface area contributed by atoms with Crippen molar-refractivity contribution in [2.24, 2.45) is 0 Å². The highest BCUT2D eigenvalue weighted by Crippen LogP contribution is 2.24. The Bertz CT molecular complexity index is 751. The van der Waals surface area contributed by atoms with E-state index in [1.165, 1.54) is 18.3 Å². The van der Waals surface area contributed by atoms with Gasteiger partial charge in [0.1, 0.15) is 10.9 Å². The fourth-order valence-corrected chi connectivity index (χ4v) is 2.29. The van der Waals surface area contributed by atoms with Crippen molar-refractivity contribution in [3.8, 4) is 5.75 Å². The Kier molecular flexibility index (Phi) is 6.77. The normalized spacial score (nSPS) is 11.5. The number of para-hydroxylation sites is 2. The maximum absolute atomic E-state index is 12.5. The second-order valence-corrected chi connectivity index (χ2v) is 5.48. The quantitative estimate of drug-likeness (QED) is 0.600. The third-order valence-electron chi connectivity index (χ3n) is 3.32. The molecule has 1 aromatic heterocycles. The maximum Gasteiger partial charge on any atom is 0.339 e. The minimum Gasteiger partial charge on any atom is -0.492 e. The summed E-state index contributed by atoms with van der Waals surface area (Å²) in [4.78, 5) is 28.4. The molecule has 6 nitrogen and oxygen atoms in total. The summed E-state index contributed by atoms with van der Waals surface area (Å²) in [6.07, 6.45) is 0.792. The molecular formula is C18H19ClN2O4. The number of amides is 1. The second kappa shape index (κ2) is 9.03. The zero-order valence-corrected chi connectivity index (χ0v) is 14.7. The van der Waals surface area contributed by atoms with Crippen molar-refractivity contribution < 1.29 is 19.1 Å². The molecule has 0 fully saturated rings. The Hall–Kier alpha value is -2.60.